The Balaban J connectivity index is 2.08. The maximum atomic E-state index is 13.4. The van der Waals surface area contributed by atoms with Crippen LogP contribution in [0.25, 0.3) is 0 Å². The molecule has 0 aliphatic carbocycles. The Morgan fingerprint density at radius 1 is 1.48 bits per heavy atom. The summed E-state index contributed by atoms with van der Waals surface area (Å²) in [6, 6.07) is 3.08. The van der Waals surface area contributed by atoms with Gasteiger partial charge in [-0.2, -0.15) is 0 Å². The van der Waals surface area contributed by atoms with E-state index in [1.807, 2.05) is 13.8 Å². The van der Waals surface area contributed by atoms with Gasteiger partial charge in [-0.15, -0.1) is 0 Å². The molecule has 0 aromatic carbocycles. The second kappa shape index (κ2) is 6.34. The third kappa shape index (κ3) is 4.35. The Labute approximate surface area is 121 Å². The number of rotatable bonds is 3. The fraction of sp³-hybridized carbons (Fsp3) is 0.571. The van der Waals surface area contributed by atoms with Gasteiger partial charge in [-0.05, 0) is 19.9 Å². The van der Waals surface area contributed by atoms with Crippen LogP contribution in [0.4, 0.5) is 8.78 Å². The second-order valence-electron chi connectivity index (χ2n) is 5.19. The molecule has 0 unspecified atom stereocenters. The molecular formula is C14H18F2N2O3. The molecule has 21 heavy (non-hydrogen) atoms. The summed E-state index contributed by atoms with van der Waals surface area (Å²) >= 11 is 0. The van der Waals surface area contributed by atoms with Crippen LogP contribution in [0.15, 0.2) is 18.3 Å². The van der Waals surface area contributed by atoms with Crippen LogP contribution in [0, 0.1) is 0 Å². The van der Waals surface area contributed by atoms with E-state index >= 15 is 0 Å². The third-order valence-corrected chi connectivity index (χ3v) is 2.87. The van der Waals surface area contributed by atoms with Gasteiger partial charge in [0, 0.05) is 18.8 Å². The lowest BCUT2D eigenvalue weighted by Crippen LogP contribution is -2.41. The number of hydrogen-bond donors (Lipinski definition) is 0. The molecule has 0 atom stereocenters. The van der Waals surface area contributed by atoms with Gasteiger partial charge in [0.2, 0.25) is 5.88 Å². The summed E-state index contributed by atoms with van der Waals surface area (Å²) in [5, 5.41) is 0. The van der Waals surface area contributed by atoms with Crippen LogP contribution in [0.1, 0.15) is 24.2 Å². The van der Waals surface area contributed by atoms with Crippen LogP contribution in [0.2, 0.25) is 0 Å². The zero-order chi connectivity index (χ0) is 15.5. The first-order chi connectivity index (χ1) is 9.87. The van der Waals surface area contributed by atoms with Crippen LogP contribution in [-0.2, 0) is 4.74 Å². The molecule has 7 heteroatoms. The quantitative estimate of drug-likeness (QED) is 0.856. The van der Waals surface area contributed by atoms with Gasteiger partial charge in [-0.25, -0.2) is 13.8 Å². The molecule has 116 valence electrons. The van der Waals surface area contributed by atoms with Crippen molar-refractivity contribution in [3.05, 3.63) is 23.9 Å². The van der Waals surface area contributed by atoms with Crippen molar-refractivity contribution in [2.45, 2.75) is 25.9 Å². The molecule has 0 spiro atoms. The number of carbonyl (C=O) groups excluding carboxylic acids is 1. The Kier molecular flexibility index (Phi) is 4.72. The number of pyridine rings is 1. The van der Waals surface area contributed by atoms with E-state index in [2.05, 4.69) is 4.98 Å². The molecule has 0 N–H and O–H groups in total. The molecule has 2 heterocycles. The van der Waals surface area contributed by atoms with Crippen molar-refractivity contribution in [3.63, 3.8) is 0 Å². The molecule has 5 nitrogen and oxygen atoms in total. The van der Waals surface area contributed by atoms with Gasteiger partial charge in [-0.3, -0.25) is 4.79 Å². The van der Waals surface area contributed by atoms with Crippen LogP contribution in [-0.4, -0.2) is 54.1 Å². The largest absolute Gasteiger partial charge is 0.475 e. The van der Waals surface area contributed by atoms with Crippen molar-refractivity contribution in [2.75, 3.05) is 26.3 Å². The molecule has 1 aromatic heterocycles. The fourth-order valence-corrected chi connectivity index (χ4v) is 1.97. The first kappa shape index (κ1) is 15.6. The van der Waals surface area contributed by atoms with Crippen LogP contribution < -0.4 is 4.74 Å². The maximum absolute atomic E-state index is 13.4. The van der Waals surface area contributed by atoms with E-state index in [1.165, 1.54) is 12.3 Å². The number of hydrogen-bond acceptors (Lipinski definition) is 4. The van der Waals surface area contributed by atoms with Crippen molar-refractivity contribution < 1.29 is 23.0 Å². The summed E-state index contributed by atoms with van der Waals surface area (Å²) in [5.41, 5.74) is 0.254. The average molecular weight is 300 g/mol. The molecule has 1 aromatic rings. The van der Waals surface area contributed by atoms with E-state index in [9.17, 15) is 13.6 Å². The van der Waals surface area contributed by atoms with Crippen LogP contribution >= 0.6 is 0 Å². The van der Waals surface area contributed by atoms with Crippen molar-refractivity contribution in [1.82, 2.24) is 9.88 Å². The predicted molar refractivity (Wildman–Crippen MR) is 71.7 cm³/mol. The molecule has 1 amide bonds. The number of aromatic nitrogens is 1. The van der Waals surface area contributed by atoms with E-state index in [0.717, 1.165) is 4.90 Å². The average Bonchev–Trinajstić information content (AvgIpc) is 2.59. The summed E-state index contributed by atoms with van der Waals surface area (Å²) in [6.07, 6.45) is 1.31. The highest BCUT2D eigenvalue weighted by Gasteiger charge is 2.36. The Hall–Kier alpha value is -1.76. The summed E-state index contributed by atoms with van der Waals surface area (Å²) in [6.45, 7) is 2.66. The minimum absolute atomic E-state index is 0.0273. The topological polar surface area (TPSA) is 51.7 Å². The second-order valence-corrected chi connectivity index (χ2v) is 5.19. The Morgan fingerprint density at radius 3 is 2.86 bits per heavy atom. The van der Waals surface area contributed by atoms with Crippen LogP contribution in [0.5, 0.6) is 5.88 Å². The van der Waals surface area contributed by atoms with E-state index < -0.39 is 25.0 Å². The summed E-state index contributed by atoms with van der Waals surface area (Å²) in [5.74, 6) is -3.12. The van der Waals surface area contributed by atoms with Crippen molar-refractivity contribution >= 4 is 5.91 Å². The molecular weight excluding hydrogens is 282 g/mol. The number of ether oxygens (including phenoxy) is 2. The van der Waals surface area contributed by atoms with Gasteiger partial charge in [0.05, 0.1) is 24.8 Å². The molecule has 0 saturated carbocycles. The number of amides is 1. The minimum atomic E-state index is -3.03. The van der Waals surface area contributed by atoms with Crippen molar-refractivity contribution in [3.8, 4) is 5.88 Å². The number of alkyl halides is 2. The van der Waals surface area contributed by atoms with Gasteiger partial charge >= 0.3 is 0 Å². The lowest BCUT2D eigenvalue weighted by molar-refractivity contribution is -0.0660. The van der Waals surface area contributed by atoms with Crippen LogP contribution in [0.3, 0.4) is 0 Å². The fourth-order valence-electron chi connectivity index (χ4n) is 1.97. The predicted octanol–water partition coefficient (Wildman–Crippen LogP) is 1.98. The number of halogens is 2. The number of nitrogens with zero attached hydrogens (tertiary/aromatic N) is 2. The number of carbonyl (C=O) groups is 1. The van der Waals surface area contributed by atoms with Gasteiger partial charge in [0.15, 0.2) is 0 Å². The molecule has 1 fully saturated rings. The van der Waals surface area contributed by atoms with Gasteiger partial charge in [0.1, 0.15) is 6.61 Å². The first-order valence-corrected chi connectivity index (χ1v) is 6.75. The van der Waals surface area contributed by atoms with Gasteiger partial charge in [0.25, 0.3) is 11.8 Å². The molecule has 0 radical (unpaired) electrons. The zero-order valence-electron chi connectivity index (χ0n) is 12.0. The molecule has 1 aliphatic heterocycles. The van der Waals surface area contributed by atoms with E-state index in [4.69, 9.17) is 9.47 Å². The maximum Gasteiger partial charge on any atom is 0.288 e. The van der Waals surface area contributed by atoms with E-state index in [1.54, 1.807) is 6.07 Å². The third-order valence-electron chi connectivity index (χ3n) is 2.87. The highest BCUT2D eigenvalue weighted by Crippen LogP contribution is 2.20. The monoisotopic (exact) mass is 300 g/mol. The summed E-state index contributed by atoms with van der Waals surface area (Å²) in [7, 11) is 0. The van der Waals surface area contributed by atoms with E-state index in [-0.39, 0.29) is 24.8 Å². The van der Waals surface area contributed by atoms with Crippen molar-refractivity contribution in [1.29, 1.82) is 0 Å². The molecule has 1 saturated heterocycles. The SMILES string of the molecule is CC(C)Oc1ccc(C(=O)N2CCOCC(F)(F)C2)cn1. The van der Waals surface area contributed by atoms with E-state index in [0.29, 0.717) is 5.88 Å². The Bertz CT molecular complexity index is 491. The highest BCUT2D eigenvalue weighted by molar-refractivity contribution is 5.94. The molecule has 0 bridgehead atoms. The molecule has 2 rings (SSSR count). The summed E-state index contributed by atoms with van der Waals surface area (Å²) < 4.78 is 37.1. The smallest absolute Gasteiger partial charge is 0.288 e. The van der Waals surface area contributed by atoms with Gasteiger partial charge in [-0.1, -0.05) is 0 Å². The highest BCUT2D eigenvalue weighted by atomic mass is 19.3. The zero-order valence-corrected chi connectivity index (χ0v) is 12.0. The van der Waals surface area contributed by atoms with Gasteiger partial charge < -0.3 is 14.4 Å². The lowest BCUT2D eigenvalue weighted by atomic mass is 10.2. The molecule has 1 aliphatic rings. The lowest BCUT2D eigenvalue weighted by Gasteiger charge is -2.23. The van der Waals surface area contributed by atoms with Crippen molar-refractivity contribution in [2.24, 2.45) is 0 Å². The summed E-state index contributed by atoms with van der Waals surface area (Å²) in [4.78, 5) is 17.3. The first-order valence-electron chi connectivity index (χ1n) is 6.75. The Morgan fingerprint density at radius 2 is 2.24 bits per heavy atom. The minimum Gasteiger partial charge on any atom is -0.475 e. The standard InChI is InChI=1S/C14H18F2N2O3/c1-10(2)21-12-4-3-11(7-17-12)13(19)18-5-6-20-9-14(15,16)8-18/h3-4,7,10H,5-6,8-9H2,1-2H3. The normalized spacial score (nSPS) is 18.4.